The summed E-state index contributed by atoms with van der Waals surface area (Å²) >= 11 is 3.21. The number of hydrogen-bond donors (Lipinski definition) is 2. The SMILES string of the molecule is CC(CNC(=O)CCNC(=O)c1cc(F)ccc1Br)N(C)C1CC1. The van der Waals surface area contributed by atoms with Crippen molar-refractivity contribution < 1.29 is 14.0 Å². The largest absolute Gasteiger partial charge is 0.354 e. The molecule has 0 spiro atoms. The van der Waals surface area contributed by atoms with E-state index in [1.165, 1.54) is 25.0 Å². The predicted octanol–water partition coefficient (Wildman–Crippen LogP) is 2.31. The average Bonchev–Trinajstić information content (AvgIpc) is 3.38. The van der Waals surface area contributed by atoms with Crippen molar-refractivity contribution in [1.29, 1.82) is 0 Å². The normalized spacial score (nSPS) is 15.2. The average molecular weight is 400 g/mol. The Balaban J connectivity index is 1.68. The number of rotatable bonds is 8. The summed E-state index contributed by atoms with van der Waals surface area (Å²) in [5.74, 6) is -0.990. The molecular weight excluding hydrogens is 377 g/mol. The zero-order chi connectivity index (χ0) is 17.7. The molecule has 0 saturated heterocycles. The highest BCUT2D eigenvalue weighted by atomic mass is 79.9. The van der Waals surface area contributed by atoms with Gasteiger partial charge >= 0.3 is 0 Å². The van der Waals surface area contributed by atoms with Gasteiger partial charge in [0.2, 0.25) is 5.91 Å². The lowest BCUT2D eigenvalue weighted by molar-refractivity contribution is -0.121. The molecule has 0 radical (unpaired) electrons. The van der Waals surface area contributed by atoms with E-state index in [9.17, 15) is 14.0 Å². The molecule has 2 rings (SSSR count). The van der Waals surface area contributed by atoms with Gasteiger partial charge < -0.3 is 10.6 Å². The van der Waals surface area contributed by atoms with E-state index < -0.39 is 11.7 Å². The molecule has 1 aromatic carbocycles. The third-order valence-corrected chi connectivity index (χ3v) is 4.91. The number of amides is 2. The summed E-state index contributed by atoms with van der Waals surface area (Å²) in [6.45, 7) is 2.89. The highest BCUT2D eigenvalue weighted by Crippen LogP contribution is 2.26. The number of halogens is 2. The van der Waals surface area contributed by atoms with Crippen LogP contribution in [0.2, 0.25) is 0 Å². The van der Waals surface area contributed by atoms with Gasteiger partial charge in [-0.2, -0.15) is 0 Å². The Morgan fingerprint density at radius 3 is 2.75 bits per heavy atom. The van der Waals surface area contributed by atoms with Gasteiger partial charge in [-0.15, -0.1) is 0 Å². The van der Waals surface area contributed by atoms with Gasteiger partial charge in [0, 0.05) is 36.1 Å². The van der Waals surface area contributed by atoms with Gasteiger partial charge in [0.25, 0.3) is 5.91 Å². The van der Waals surface area contributed by atoms with Crippen molar-refractivity contribution in [1.82, 2.24) is 15.5 Å². The van der Waals surface area contributed by atoms with Crippen LogP contribution >= 0.6 is 15.9 Å². The Morgan fingerprint density at radius 2 is 2.08 bits per heavy atom. The van der Waals surface area contributed by atoms with Gasteiger partial charge in [-0.1, -0.05) is 0 Å². The Kier molecular flexibility index (Phi) is 6.74. The van der Waals surface area contributed by atoms with Crippen LogP contribution in [0.1, 0.15) is 36.5 Å². The standard InChI is InChI=1S/C17H23BrFN3O2/c1-11(22(2)13-4-5-13)10-21-16(23)7-8-20-17(24)14-9-12(19)3-6-15(14)18/h3,6,9,11,13H,4-5,7-8,10H2,1-2H3,(H,20,24)(H,21,23). The number of likely N-dealkylation sites (N-methyl/N-ethyl adjacent to an activating group) is 1. The quantitative estimate of drug-likeness (QED) is 0.704. The lowest BCUT2D eigenvalue weighted by Crippen LogP contribution is -2.41. The van der Waals surface area contributed by atoms with Crippen molar-refractivity contribution in [3.8, 4) is 0 Å². The first-order chi connectivity index (χ1) is 11.4. The van der Waals surface area contributed by atoms with E-state index in [4.69, 9.17) is 0 Å². The summed E-state index contributed by atoms with van der Waals surface area (Å²) in [6.07, 6.45) is 2.66. The predicted molar refractivity (Wildman–Crippen MR) is 94.3 cm³/mol. The molecule has 2 amide bonds. The summed E-state index contributed by atoms with van der Waals surface area (Å²) in [6, 6.07) is 4.86. The van der Waals surface area contributed by atoms with Crippen LogP contribution in [0.25, 0.3) is 0 Å². The van der Waals surface area contributed by atoms with Crippen LogP contribution in [-0.2, 0) is 4.79 Å². The molecule has 5 nitrogen and oxygen atoms in total. The molecule has 1 aromatic rings. The van der Waals surface area contributed by atoms with E-state index in [0.29, 0.717) is 23.1 Å². The minimum Gasteiger partial charge on any atom is -0.354 e. The number of benzene rings is 1. The first-order valence-electron chi connectivity index (χ1n) is 8.10. The molecule has 1 aliphatic rings. The molecule has 2 N–H and O–H groups in total. The first-order valence-corrected chi connectivity index (χ1v) is 8.89. The number of nitrogens with one attached hydrogen (secondary N) is 2. The van der Waals surface area contributed by atoms with E-state index in [2.05, 4.69) is 45.4 Å². The van der Waals surface area contributed by atoms with E-state index >= 15 is 0 Å². The summed E-state index contributed by atoms with van der Waals surface area (Å²) in [5, 5.41) is 5.51. The second kappa shape index (κ2) is 8.58. The van der Waals surface area contributed by atoms with Gasteiger partial charge in [0.1, 0.15) is 5.82 Å². The van der Waals surface area contributed by atoms with Crippen molar-refractivity contribution >= 4 is 27.7 Å². The van der Waals surface area contributed by atoms with Crippen molar-refractivity contribution in [2.24, 2.45) is 0 Å². The molecule has 1 atom stereocenters. The van der Waals surface area contributed by atoms with Gasteiger partial charge in [-0.05, 0) is 60.9 Å². The molecule has 1 saturated carbocycles. The van der Waals surface area contributed by atoms with Crippen LogP contribution in [0, 0.1) is 5.82 Å². The number of nitrogens with zero attached hydrogens (tertiary/aromatic N) is 1. The van der Waals surface area contributed by atoms with Crippen LogP contribution in [0.3, 0.4) is 0 Å². The monoisotopic (exact) mass is 399 g/mol. The summed E-state index contributed by atoms with van der Waals surface area (Å²) < 4.78 is 13.7. The topological polar surface area (TPSA) is 61.4 Å². The van der Waals surface area contributed by atoms with Crippen LogP contribution in [0.5, 0.6) is 0 Å². The highest BCUT2D eigenvalue weighted by molar-refractivity contribution is 9.10. The minimum absolute atomic E-state index is 0.107. The molecule has 1 fully saturated rings. The van der Waals surface area contributed by atoms with Gasteiger partial charge in [-0.25, -0.2) is 4.39 Å². The Hall–Kier alpha value is -1.47. The third kappa shape index (κ3) is 5.56. The van der Waals surface area contributed by atoms with Crippen molar-refractivity contribution in [2.45, 2.75) is 38.3 Å². The molecule has 0 aromatic heterocycles. The number of carbonyl (C=O) groups is 2. The van der Waals surface area contributed by atoms with E-state index in [1.807, 2.05) is 0 Å². The zero-order valence-corrected chi connectivity index (χ0v) is 15.5. The second-order valence-corrected chi connectivity index (χ2v) is 7.03. The third-order valence-electron chi connectivity index (χ3n) is 4.22. The second-order valence-electron chi connectivity index (χ2n) is 6.18. The smallest absolute Gasteiger partial charge is 0.252 e. The molecule has 0 bridgehead atoms. The molecule has 0 heterocycles. The van der Waals surface area contributed by atoms with E-state index in [1.54, 1.807) is 0 Å². The lowest BCUT2D eigenvalue weighted by atomic mass is 10.2. The van der Waals surface area contributed by atoms with Crippen LogP contribution in [0.15, 0.2) is 22.7 Å². The van der Waals surface area contributed by atoms with Gasteiger partial charge in [-0.3, -0.25) is 14.5 Å². The van der Waals surface area contributed by atoms with Crippen molar-refractivity contribution in [2.75, 3.05) is 20.1 Å². The van der Waals surface area contributed by atoms with Crippen LogP contribution in [0.4, 0.5) is 4.39 Å². The maximum Gasteiger partial charge on any atom is 0.252 e. The minimum atomic E-state index is -0.477. The summed E-state index contributed by atoms with van der Waals surface area (Å²) in [5.41, 5.74) is 0.218. The van der Waals surface area contributed by atoms with Crippen molar-refractivity contribution in [3.63, 3.8) is 0 Å². The fraction of sp³-hybridized carbons (Fsp3) is 0.529. The van der Waals surface area contributed by atoms with E-state index in [-0.39, 0.29) is 24.4 Å². The maximum absolute atomic E-state index is 13.2. The Labute approximate surface area is 150 Å². The summed E-state index contributed by atoms with van der Waals surface area (Å²) in [7, 11) is 2.07. The molecule has 132 valence electrons. The van der Waals surface area contributed by atoms with E-state index in [0.717, 1.165) is 6.07 Å². The molecule has 7 heteroatoms. The number of hydrogen-bond acceptors (Lipinski definition) is 3. The zero-order valence-electron chi connectivity index (χ0n) is 13.9. The molecule has 1 unspecified atom stereocenters. The maximum atomic E-state index is 13.2. The molecule has 0 aliphatic heterocycles. The first kappa shape index (κ1) is 18.9. The van der Waals surface area contributed by atoms with Crippen LogP contribution < -0.4 is 10.6 Å². The number of carbonyl (C=O) groups excluding carboxylic acids is 2. The molecular formula is C17H23BrFN3O2. The van der Waals surface area contributed by atoms with Crippen LogP contribution in [-0.4, -0.2) is 48.9 Å². The summed E-state index contributed by atoms with van der Waals surface area (Å²) in [4.78, 5) is 26.1. The van der Waals surface area contributed by atoms with Crippen molar-refractivity contribution in [3.05, 3.63) is 34.1 Å². The fourth-order valence-corrected chi connectivity index (χ4v) is 2.82. The lowest BCUT2D eigenvalue weighted by Gasteiger charge is -2.24. The Morgan fingerprint density at radius 1 is 1.38 bits per heavy atom. The highest BCUT2D eigenvalue weighted by Gasteiger charge is 2.29. The Bertz CT molecular complexity index is 607. The fourth-order valence-electron chi connectivity index (χ4n) is 2.39. The molecule has 24 heavy (non-hydrogen) atoms. The molecule has 1 aliphatic carbocycles. The van der Waals surface area contributed by atoms with Gasteiger partial charge in [0.05, 0.1) is 5.56 Å². The van der Waals surface area contributed by atoms with Gasteiger partial charge in [0.15, 0.2) is 0 Å².